The topological polar surface area (TPSA) is 15.3 Å². The Kier molecular flexibility index (Phi) is 5.41. The first-order valence-electron chi connectivity index (χ1n) is 7.71. The molecule has 0 spiro atoms. The molecule has 2 nitrogen and oxygen atoms in total. The molecular weight excluding hydrogens is 232 g/mol. The minimum Gasteiger partial charge on any atom is -0.309 e. The van der Waals surface area contributed by atoms with Gasteiger partial charge in [0.1, 0.15) is 0 Å². The molecule has 1 N–H and O–H groups in total. The Morgan fingerprint density at radius 1 is 1.16 bits per heavy atom. The normalized spacial score (nSPS) is 25.6. The molecule has 3 atom stereocenters. The van der Waals surface area contributed by atoms with Crippen molar-refractivity contribution in [2.24, 2.45) is 11.8 Å². The van der Waals surface area contributed by atoms with Crippen molar-refractivity contribution in [3.05, 3.63) is 35.9 Å². The minimum absolute atomic E-state index is 0.471. The fourth-order valence-electron chi connectivity index (χ4n) is 2.95. The molecule has 3 unspecified atom stereocenters. The van der Waals surface area contributed by atoms with Crippen LogP contribution in [0, 0.1) is 11.8 Å². The fourth-order valence-corrected chi connectivity index (χ4v) is 2.95. The summed E-state index contributed by atoms with van der Waals surface area (Å²) in [6.45, 7) is 11.7. The number of likely N-dealkylation sites (tertiary alicyclic amines) is 1. The van der Waals surface area contributed by atoms with Gasteiger partial charge in [0.2, 0.25) is 0 Å². The van der Waals surface area contributed by atoms with Crippen LogP contribution in [0.15, 0.2) is 30.3 Å². The molecule has 1 aliphatic rings. The van der Waals surface area contributed by atoms with E-state index in [2.05, 4.69) is 61.3 Å². The number of hydrogen-bond acceptors (Lipinski definition) is 2. The van der Waals surface area contributed by atoms with Gasteiger partial charge in [-0.1, -0.05) is 51.1 Å². The van der Waals surface area contributed by atoms with E-state index in [9.17, 15) is 0 Å². The van der Waals surface area contributed by atoms with Crippen LogP contribution in [-0.4, -0.2) is 31.1 Å². The molecule has 2 heteroatoms. The third kappa shape index (κ3) is 4.05. The van der Waals surface area contributed by atoms with Gasteiger partial charge in [-0.2, -0.15) is 0 Å². The lowest BCUT2D eigenvalue weighted by Crippen LogP contribution is -2.34. The van der Waals surface area contributed by atoms with Gasteiger partial charge in [-0.25, -0.2) is 0 Å². The second-order valence-corrected chi connectivity index (χ2v) is 6.09. The summed E-state index contributed by atoms with van der Waals surface area (Å²) in [7, 11) is 0. The van der Waals surface area contributed by atoms with E-state index in [-0.39, 0.29) is 0 Å². The molecule has 0 bridgehead atoms. The molecule has 2 rings (SSSR count). The molecule has 1 aliphatic heterocycles. The highest BCUT2D eigenvalue weighted by Crippen LogP contribution is 2.24. The van der Waals surface area contributed by atoms with E-state index in [0.29, 0.717) is 6.04 Å². The van der Waals surface area contributed by atoms with Gasteiger partial charge in [-0.15, -0.1) is 0 Å². The van der Waals surface area contributed by atoms with Crippen LogP contribution < -0.4 is 5.32 Å². The lowest BCUT2D eigenvalue weighted by molar-refractivity contribution is 0.281. The zero-order valence-electron chi connectivity index (χ0n) is 12.6. The van der Waals surface area contributed by atoms with Crippen LogP contribution in [0.3, 0.4) is 0 Å². The van der Waals surface area contributed by atoms with E-state index in [1.54, 1.807) is 0 Å². The van der Waals surface area contributed by atoms with Gasteiger partial charge in [0.25, 0.3) is 0 Å². The Labute approximate surface area is 118 Å². The van der Waals surface area contributed by atoms with Crippen LogP contribution in [0.25, 0.3) is 0 Å². The van der Waals surface area contributed by atoms with Crippen molar-refractivity contribution >= 4 is 0 Å². The summed E-state index contributed by atoms with van der Waals surface area (Å²) in [5.74, 6) is 1.67. The predicted molar refractivity (Wildman–Crippen MR) is 82.2 cm³/mol. The van der Waals surface area contributed by atoms with Crippen molar-refractivity contribution in [1.29, 1.82) is 0 Å². The second kappa shape index (κ2) is 7.06. The highest BCUT2D eigenvalue weighted by molar-refractivity contribution is 5.19. The van der Waals surface area contributed by atoms with Crippen LogP contribution in [-0.2, 0) is 0 Å². The van der Waals surface area contributed by atoms with Gasteiger partial charge in [0, 0.05) is 25.7 Å². The van der Waals surface area contributed by atoms with Crippen LogP contribution >= 0.6 is 0 Å². The summed E-state index contributed by atoms with van der Waals surface area (Å²) in [5, 5.41) is 3.70. The molecule has 1 saturated heterocycles. The number of nitrogens with one attached hydrogen (secondary N) is 1. The van der Waals surface area contributed by atoms with Gasteiger partial charge >= 0.3 is 0 Å². The number of hydrogen-bond donors (Lipinski definition) is 1. The summed E-state index contributed by atoms with van der Waals surface area (Å²) in [6, 6.07) is 11.3. The average Bonchev–Trinajstić information content (AvgIpc) is 2.74. The first-order valence-corrected chi connectivity index (χ1v) is 7.71. The van der Waals surface area contributed by atoms with Gasteiger partial charge < -0.3 is 10.2 Å². The standard InChI is InChI=1S/C17H28N2/c1-4-10-18-17(16-8-6-5-7-9-16)13-19-11-14(2)15(3)12-19/h5-9,14-15,17-18H,4,10-13H2,1-3H3. The van der Waals surface area contributed by atoms with Crippen molar-refractivity contribution < 1.29 is 0 Å². The Balaban J connectivity index is 1.98. The number of nitrogens with zero attached hydrogens (tertiary/aromatic N) is 1. The van der Waals surface area contributed by atoms with Crippen LogP contribution in [0.1, 0.15) is 38.8 Å². The van der Waals surface area contributed by atoms with Crippen LogP contribution in [0.2, 0.25) is 0 Å². The number of rotatable bonds is 6. The first kappa shape index (κ1) is 14.5. The Hall–Kier alpha value is -0.860. The van der Waals surface area contributed by atoms with Gasteiger partial charge in [-0.3, -0.25) is 0 Å². The smallest absolute Gasteiger partial charge is 0.0449 e. The maximum Gasteiger partial charge on any atom is 0.0449 e. The zero-order chi connectivity index (χ0) is 13.7. The summed E-state index contributed by atoms with van der Waals surface area (Å²) in [5.41, 5.74) is 1.42. The molecular formula is C17H28N2. The molecule has 106 valence electrons. The monoisotopic (exact) mass is 260 g/mol. The predicted octanol–water partition coefficient (Wildman–Crippen LogP) is 3.32. The van der Waals surface area contributed by atoms with Crippen molar-refractivity contribution in [2.75, 3.05) is 26.2 Å². The molecule has 19 heavy (non-hydrogen) atoms. The summed E-state index contributed by atoms with van der Waals surface area (Å²) in [6.07, 6.45) is 1.19. The van der Waals surface area contributed by atoms with Crippen molar-refractivity contribution in [2.45, 2.75) is 33.2 Å². The third-order valence-corrected chi connectivity index (χ3v) is 4.35. The molecule has 1 aromatic carbocycles. The summed E-state index contributed by atoms with van der Waals surface area (Å²) >= 11 is 0. The highest BCUT2D eigenvalue weighted by atomic mass is 15.2. The number of benzene rings is 1. The maximum atomic E-state index is 3.70. The lowest BCUT2D eigenvalue weighted by Gasteiger charge is -2.25. The fraction of sp³-hybridized carbons (Fsp3) is 0.647. The van der Waals surface area contributed by atoms with E-state index >= 15 is 0 Å². The van der Waals surface area contributed by atoms with E-state index in [4.69, 9.17) is 0 Å². The lowest BCUT2D eigenvalue weighted by atomic mass is 10.0. The summed E-state index contributed by atoms with van der Waals surface area (Å²) in [4.78, 5) is 2.62. The molecule has 0 amide bonds. The second-order valence-electron chi connectivity index (χ2n) is 6.09. The Morgan fingerprint density at radius 2 is 1.79 bits per heavy atom. The van der Waals surface area contributed by atoms with Crippen LogP contribution in [0.4, 0.5) is 0 Å². The molecule has 0 saturated carbocycles. The van der Waals surface area contributed by atoms with Gasteiger partial charge in [0.05, 0.1) is 0 Å². The molecule has 0 aromatic heterocycles. The largest absolute Gasteiger partial charge is 0.309 e. The first-order chi connectivity index (χ1) is 9.20. The highest BCUT2D eigenvalue weighted by Gasteiger charge is 2.27. The Morgan fingerprint density at radius 3 is 2.37 bits per heavy atom. The van der Waals surface area contributed by atoms with Crippen molar-refractivity contribution in [3.8, 4) is 0 Å². The van der Waals surface area contributed by atoms with Gasteiger partial charge in [0.15, 0.2) is 0 Å². The van der Waals surface area contributed by atoms with E-state index in [0.717, 1.165) is 24.9 Å². The minimum atomic E-state index is 0.471. The molecule has 1 fully saturated rings. The molecule has 1 aromatic rings. The SMILES string of the molecule is CCCNC(CN1CC(C)C(C)C1)c1ccccc1. The zero-order valence-corrected chi connectivity index (χ0v) is 12.6. The van der Waals surface area contributed by atoms with Gasteiger partial charge in [-0.05, 0) is 30.4 Å². The van der Waals surface area contributed by atoms with Crippen molar-refractivity contribution in [1.82, 2.24) is 10.2 Å². The van der Waals surface area contributed by atoms with E-state index in [1.807, 2.05) is 0 Å². The molecule has 0 aliphatic carbocycles. The van der Waals surface area contributed by atoms with Crippen molar-refractivity contribution in [3.63, 3.8) is 0 Å². The van der Waals surface area contributed by atoms with Crippen LogP contribution in [0.5, 0.6) is 0 Å². The molecule has 1 heterocycles. The van der Waals surface area contributed by atoms with E-state index in [1.165, 1.54) is 25.1 Å². The van der Waals surface area contributed by atoms with E-state index < -0.39 is 0 Å². The quantitative estimate of drug-likeness (QED) is 0.844. The maximum absolute atomic E-state index is 3.70. The third-order valence-electron chi connectivity index (χ3n) is 4.35. The Bertz CT molecular complexity index is 353. The molecule has 0 radical (unpaired) electrons. The summed E-state index contributed by atoms with van der Waals surface area (Å²) < 4.78 is 0. The average molecular weight is 260 g/mol.